The molecule has 0 aromatic rings. The van der Waals surface area contributed by atoms with Crippen molar-refractivity contribution in [2.75, 3.05) is 20.7 Å². The Bertz CT molecular complexity index is 312. The maximum absolute atomic E-state index is 11.0. The number of cyclic esters (lactones) is 1. The molecule has 1 aliphatic heterocycles. The summed E-state index contributed by atoms with van der Waals surface area (Å²) in [4.78, 5) is 12.2. The second-order valence-electron chi connectivity index (χ2n) is 3.38. The molecule has 15 heavy (non-hydrogen) atoms. The first kappa shape index (κ1) is 11.8. The maximum atomic E-state index is 11.0. The van der Waals surface area contributed by atoms with Gasteiger partial charge in [0.15, 0.2) is 0 Å². The first-order valence-electron chi connectivity index (χ1n) is 4.20. The van der Waals surface area contributed by atoms with Crippen molar-refractivity contribution < 1.29 is 30.0 Å². The summed E-state index contributed by atoms with van der Waals surface area (Å²) in [5, 5.41) is 37.0. The number of aliphatic hydroxyl groups is 4. The summed E-state index contributed by atoms with van der Waals surface area (Å²) < 4.78 is 4.69. The van der Waals surface area contributed by atoms with Gasteiger partial charge in [-0.2, -0.15) is 0 Å². The summed E-state index contributed by atoms with van der Waals surface area (Å²) in [5.74, 6) is -2.91. The van der Waals surface area contributed by atoms with Crippen molar-refractivity contribution in [3.63, 3.8) is 0 Å². The van der Waals surface area contributed by atoms with Crippen LogP contribution in [0.2, 0.25) is 0 Å². The zero-order valence-electron chi connectivity index (χ0n) is 8.34. The molecule has 0 amide bonds. The third-order valence-electron chi connectivity index (χ3n) is 2.29. The lowest BCUT2D eigenvalue weighted by molar-refractivity contribution is -0.194. The van der Waals surface area contributed by atoms with Crippen LogP contribution < -0.4 is 0 Å². The van der Waals surface area contributed by atoms with Crippen LogP contribution in [-0.4, -0.2) is 63.8 Å². The monoisotopic (exact) mass is 219 g/mol. The summed E-state index contributed by atoms with van der Waals surface area (Å²) >= 11 is 0. The highest BCUT2D eigenvalue weighted by Gasteiger charge is 2.56. The average Bonchev–Trinajstić information content (AvgIpc) is 2.42. The molecule has 0 aromatic carbocycles. The first-order chi connectivity index (χ1) is 6.87. The largest absolute Gasteiger partial charge is 0.504 e. The fourth-order valence-electron chi connectivity index (χ4n) is 1.46. The van der Waals surface area contributed by atoms with E-state index in [1.807, 2.05) is 0 Å². The quantitative estimate of drug-likeness (QED) is 0.427. The number of aliphatic hydroxyl groups excluding tert-OH is 4. The van der Waals surface area contributed by atoms with Crippen molar-refractivity contribution in [2.24, 2.45) is 0 Å². The van der Waals surface area contributed by atoms with Gasteiger partial charge in [-0.1, -0.05) is 0 Å². The van der Waals surface area contributed by atoms with Gasteiger partial charge in [0.2, 0.25) is 11.5 Å². The normalized spacial score (nSPS) is 28.5. The fraction of sp³-hybridized carbons (Fsp3) is 0.625. The minimum Gasteiger partial charge on any atom is -0.504 e. The molecule has 0 unspecified atom stereocenters. The lowest BCUT2D eigenvalue weighted by atomic mass is 10.0. The molecular formula is C8H13NO6. The van der Waals surface area contributed by atoms with Gasteiger partial charge in [-0.3, -0.25) is 4.90 Å². The van der Waals surface area contributed by atoms with E-state index >= 15 is 0 Å². The number of hydrogen-bond donors (Lipinski definition) is 4. The Morgan fingerprint density at radius 1 is 1.47 bits per heavy atom. The molecule has 0 aliphatic carbocycles. The number of likely N-dealkylation sites (N-methyl/N-ethyl adjacent to an activating group) is 1. The van der Waals surface area contributed by atoms with E-state index in [-0.39, 0.29) is 0 Å². The minimum atomic E-state index is -1.92. The summed E-state index contributed by atoms with van der Waals surface area (Å²) in [5.41, 5.74) is -1.92. The van der Waals surface area contributed by atoms with Crippen LogP contribution in [0.4, 0.5) is 0 Å². The van der Waals surface area contributed by atoms with Crippen LogP contribution in [0, 0.1) is 0 Å². The molecule has 7 nitrogen and oxygen atoms in total. The number of carbonyl (C=O) groups excluding carboxylic acids is 1. The van der Waals surface area contributed by atoms with Crippen LogP contribution in [-0.2, 0) is 9.53 Å². The van der Waals surface area contributed by atoms with Gasteiger partial charge in [0.1, 0.15) is 6.10 Å². The third kappa shape index (κ3) is 1.44. The van der Waals surface area contributed by atoms with Crippen LogP contribution in [0.5, 0.6) is 0 Å². The first-order valence-corrected chi connectivity index (χ1v) is 4.20. The Labute approximate surface area is 85.8 Å². The molecule has 2 atom stereocenters. The molecule has 0 aromatic heterocycles. The van der Waals surface area contributed by atoms with E-state index in [1.165, 1.54) is 19.0 Å². The Balaban J connectivity index is 3.22. The molecule has 1 heterocycles. The highest BCUT2D eigenvalue weighted by atomic mass is 16.6. The Morgan fingerprint density at radius 3 is 2.27 bits per heavy atom. The van der Waals surface area contributed by atoms with Crippen LogP contribution in [0.15, 0.2) is 11.5 Å². The Morgan fingerprint density at radius 2 is 2.00 bits per heavy atom. The summed E-state index contributed by atoms with van der Waals surface area (Å²) in [6.45, 7) is -0.733. The SMILES string of the molecule is CN(C)[C@]1([C@@H](O)CO)OC(=O)C(O)=C1O. The predicted molar refractivity (Wildman–Crippen MR) is 47.9 cm³/mol. The molecule has 0 bridgehead atoms. The molecule has 0 saturated heterocycles. The lowest BCUT2D eigenvalue weighted by Crippen LogP contribution is -2.57. The molecule has 0 spiro atoms. The highest BCUT2D eigenvalue weighted by molar-refractivity contribution is 5.89. The van der Waals surface area contributed by atoms with Crippen LogP contribution in [0.1, 0.15) is 0 Å². The van der Waals surface area contributed by atoms with Crippen LogP contribution in [0.25, 0.3) is 0 Å². The van der Waals surface area contributed by atoms with Crippen molar-refractivity contribution in [3.8, 4) is 0 Å². The number of esters is 1. The molecule has 0 saturated carbocycles. The van der Waals surface area contributed by atoms with Crippen molar-refractivity contribution in [3.05, 3.63) is 11.5 Å². The molecule has 4 N–H and O–H groups in total. The summed E-state index contributed by atoms with van der Waals surface area (Å²) in [6, 6.07) is 0. The van der Waals surface area contributed by atoms with Crippen molar-refractivity contribution in [1.82, 2.24) is 4.90 Å². The molecular weight excluding hydrogens is 206 g/mol. The summed E-state index contributed by atoms with van der Waals surface area (Å²) in [6.07, 6.45) is -1.55. The summed E-state index contributed by atoms with van der Waals surface area (Å²) in [7, 11) is 2.84. The van der Waals surface area contributed by atoms with E-state index < -0.39 is 35.9 Å². The number of hydrogen-bond acceptors (Lipinski definition) is 7. The van der Waals surface area contributed by atoms with Gasteiger partial charge >= 0.3 is 5.97 Å². The predicted octanol–water partition coefficient (Wildman–Crippen LogP) is -1.52. The van der Waals surface area contributed by atoms with E-state index in [4.69, 9.17) is 14.9 Å². The highest BCUT2D eigenvalue weighted by Crippen LogP contribution is 2.34. The molecule has 1 rings (SSSR count). The number of ether oxygens (including phenoxy) is 1. The zero-order valence-corrected chi connectivity index (χ0v) is 8.34. The number of carbonyl (C=O) groups is 1. The second-order valence-corrected chi connectivity index (χ2v) is 3.38. The van der Waals surface area contributed by atoms with E-state index in [0.717, 1.165) is 0 Å². The van der Waals surface area contributed by atoms with Crippen LogP contribution >= 0.6 is 0 Å². The van der Waals surface area contributed by atoms with E-state index in [0.29, 0.717) is 0 Å². The molecule has 1 aliphatic rings. The van der Waals surface area contributed by atoms with E-state index in [1.54, 1.807) is 0 Å². The van der Waals surface area contributed by atoms with Crippen LogP contribution in [0.3, 0.4) is 0 Å². The smallest absolute Gasteiger partial charge is 0.379 e. The van der Waals surface area contributed by atoms with Gasteiger partial charge in [-0.25, -0.2) is 4.79 Å². The Kier molecular flexibility index (Phi) is 2.89. The fourth-order valence-corrected chi connectivity index (χ4v) is 1.46. The van der Waals surface area contributed by atoms with Gasteiger partial charge in [0.05, 0.1) is 6.61 Å². The second kappa shape index (κ2) is 3.69. The number of rotatable bonds is 3. The zero-order chi connectivity index (χ0) is 11.8. The van der Waals surface area contributed by atoms with Gasteiger partial charge in [-0.15, -0.1) is 0 Å². The molecule has 0 radical (unpaired) electrons. The van der Waals surface area contributed by atoms with Crippen molar-refractivity contribution in [2.45, 2.75) is 11.8 Å². The van der Waals surface area contributed by atoms with E-state index in [2.05, 4.69) is 0 Å². The van der Waals surface area contributed by atoms with Gasteiger partial charge in [-0.05, 0) is 14.1 Å². The maximum Gasteiger partial charge on any atom is 0.379 e. The van der Waals surface area contributed by atoms with Gasteiger partial charge in [0, 0.05) is 0 Å². The van der Waals surface area contributed by atoms with E-state index in [9.17, 15) is 15.0 Å². The Hall–Kier alpha value is -1.31. The average molecular weight is 219 g/mol. The molecule has 86 valence electrons. The number of nitrogens with zero attached hydrogens (tertiary/aromatic N) is 1. The van der Waals surface area contributed by atoms with Gasteiger partial charge in [0.25, 0.3) is 5.72 Å². The molecule has 0 fully saturated rings. The molecule has 7 heteroatoms. The lowest BCUT2D eigenvalue weighted by Gasteiger charge is -2.36. The third-order valence-corrected chi connectivity index (χ3v) is 2.29. The van der Waals surface area contributed by atoms with Gasteiger partial charge < -0.3 is 25.2 Å². The topological polar surface area (TPSA) is 110 Å². The standard InChI is InChI=1S/C8H13NO6/c1-9(2)8(4(11)3-10)6(13)5(12)7(14)15-8/h4,10-13H,3H2,1-2H3/t4-,8+/m0/s1. The minimum absolute atomic E-state index is 0.733. The van der Waals surface area contributed by atoms with Crippen molar-refractivity contribution in [1.29, 1.82) is 0 Å². The van der Waals surface area contributed by atoms with Crippen molar-refractivity contribution >= 4 is 5.97 Å².